The lowest BCUT2D eigenvalue weighted by atomic mass is 9.81. The van der Waals surface area contributed by atoms with Crippen LogP contribution in [0, 0.1) is 12.3 Å². The molecule has 1 amide bonds. The summed E-state index contributed by atoms with van der Waals surface area (Å²) in [5, 5.41) is 6.69. The van der Waals surface area contributed by atoms with Gasteiger partial charge in [-0.2, -0.15) is 4.98 Å². The Hall–Kier alpha value is -2.12. The fourth-order valence-corrected chi connectivity index (χ4v) is 2.40. The molecule has 2 rings (SSSR count). The van der Waals surface area contributed by atoms with E-state index in [2.05, 4.69) is 15.5 Å². The zero-order valence-corrected chi connectivity index (χ0v) is 15.6. The Kier molecular flexibility index (Phi) is 7.86. The van der Waals surface area contributed by atoms with E-state index in [0.29, 0.717) is 42.5 Å². The van der Waals surface area contributed by atoms with E-state index < -0.39 is 5.41 Å². The van der Waals surface area contributed by atoms with Gasteiger partial charge in [-0.25, -0.2) is 0 Å². The van der Waals surface area contributed by atoms with Gasteiger partial charge in [0.15, 0.2) is 6.61 Å². The maximum Gasteiger partial charge on any atom is 0.231 e. The molecular weight excluding hydrogens is 344 g/mol. The first kappa shape index (κ1) is 20.9. The molecule has 0 atom stereocenters. The number of halogens is 1. The van der Waals surface area contributed by atoms with Gasteiger partial charge in [-0.15, -0.1) is 12.4 Å². The molecule has 8 heteroatoms. The van der Waals surface area contributed by atoms with Crippen LogP contribution in [0.15, 0.2) is 28.8 Å². The average molecular weight is 369 g/mol. The number of hydrogen-bond acceptors (Lipinski definition) is 6. The minimum Gasteiger partial charge on any atom is -0.485 e. The van der Waals surface area contributed by atoms with Crippen LogP contribution in [0.3, 0.4) is 0 Å². The van der Waals surface area contributed by atoms with Crippen molar-refractivity contribution in [2.24, 2.45) is 11.1 Å². The van der Waals surface area contributed by atoms with Gasteiger partial charge in [-0.3, -0.25) is 4.79 Å². The number of carbonyl (C=O) groups is 1. The highest BCUT2D eigenvalue weighted by Gasteiger charge is 2.33. The van der Waals surface area contributed by atoms with E-state index in [0.717, 1.165) is 0 Å². The summed E-state index contributed by atoms with van der Waals surface area (Å²) >= 11 is 0. The van der Waals surface area contributed by atoms with Gasteiger partial charge in [0.05, 0.1) is 5.41 Å². The molecule has 0 aliphatic heterocycles. The molecule has 2 aromatic rings. The lowest BCUT2D eigenvalue weighted by Crippen LogP contribution is -2.41. The van der Waals surface area contributed by atoms with E-state index in [9.17, 15) is 4.79 Å². The Bertz CT molecular complexity index is 661. The number of amides is 1. The molecule has 0 unspecified atom stereocenters. The summed E-state index contributed by atoms with van der Waals surface area (Å²) in [4.78, 5) is 16.5. The van der Waals surface area contributed by atoms with Gasteiger partial charge >= 0.3 is 0 Å². The van der Waals surface area contributed by atoms with Crippen molar-refractivity contribution in [2.75, 3.05) is 11.9 Å². The van der Waals surface area contributed by atoms with Crippen LogP contribution in [0.25, 0.3) is 0 Å². The van der Waals surface area contributed by atoms with E-state index in [-0.39, 0.29) is 24.9 Å². The quantitative estimate of drug-likeness (QED) is 0.742. The molecule has 0 fully saturated rings. The smallest absolute Gasteiger partial charge is 0.231 e. The maximum absolute atomic E-state index is 12.5. The Morgan fingerprint density at radius 3 is 2.40 bits per heavy atom. The number of nitrogens with one attached hydrogen (secondary N) is 1. The van der Waals surface area contributed by atoms with E-state index >= 15 is 0 Å². The standard InChI is InChI=1S/C17H24N4O3.ClH/c1-4-17(5-2,11-18)16(22)20-13-6-8-14(9-7-13)23-10-15-19-12(3)24-21-15;/h6-9H,4-5,10-11,18H2,1-3H3,(H,20,22);1H. The maximum atomic E-state index is 12.5. The number of anilines is 1. The highest BCUT2D eigenvalue weighted by molar-refractivity contribution is 5.95. The van der Waals surface area contributed by atoms with Crippen LogP contribution < -0.4 is 15.8 Å². The summed E-state index contributed by atoms with van der Waals surface area (Å²) in [5.74, 6) is 1.60. The van der Waals surface area contributed by atoms with Gasteiger partial charge in [0.1, 0.15) is 5.75 Å². The molecule has 138 valence electrons. The number of rotatable bonds is 8. The second-order valence-corrected chi connectivity index (χ2v) is 5.69. The SMILES string of the molecule is CCC(CC)(CN)C(=O)Nc1ccc(OCc2noc(C)n2)cc1.Cl. The third-order valence-electron chi connectivity index (χ3n) is 4.28. The lowest BCUT2D eigenvalue weighted by molar-refractivity contribution is -0.125. The Labute approximate surface area is 153 Å². The van der Waals surface area contributed by atoms with Gasteiger partial charge < -0.3 is 20.3 Å². The van der Waals surface area contributed by atoms with Crippen molar-refractivity contribution in [1.29, 1.82) is 0 Å². The number of carbonyl (C=O) groups excluding carboxylic acids is 1. The zero-order chi connectivity index (χ0) is 17.6. The molecule has 0 aliphatic rings. The summed E-state index contributed by atoms with van der Waals surface area (Å²) in [6.45, 7) is 6.24. The number of ether oxygens (including phenoxy) is 1. The Morgan fingerprint density at radius 1 is 1.28 bits per heavy atom. The van der Waals surface area contributed by atoms with Crippen molar-refractivity contribution in [3.63, 3.8) is 0 Å². The third-order valence-corrected chi connectivity index (χ3v) is 4.28. The monoisotopic (exact) mass is 368 g/mol. The van der Waals surface area contributed by atoms with Gasteiger partial charge in [-0.05, 0) is 37.1 Å². The number of aryl methyl sites for hydroxylation is 1. The molecule has 0 bridgehead atoms. The van der Waals surface area contributed by atoms with E-state index in [1.807, 2.05) is 13.8 Å². The number of nitrogens with two attached hydrogens (primary N) is 1. The third kappa shape index (κ3) is 5.17. The minimum absolute atomic E-state index is 0. The first-order valence-electron chi connectivity index (χ1n) is 8.06. The molecule has 0 saturated carbocycles. The summed E-state index contributed by atoms with van der Waals surface area (Å²) in [6.07, 6.45) is 1.41. The van der Waals surface area contributed by atoms with Crippen LogP contribution in [0.1, 0.15) is 38.4 Å². The van der Waals surface area contributed by atoms with Crippen molar-refractivity contribution in [2.45, 2.75) is 40.2 Å². The molecular formula is C17H25ClN4O3. The summed E-state index contributed by atoms with van der Waals surface area (Å²) in [6, 6.07) is 7.15. The van der Waals surface area contributed by atoms with Crippen molar-refractivity contribution in [3.8, 4) is 5.75 Å². The predicted molar refractivity (Wildman–Crippen MR) is 97.8 cm³/mol. The average Bonchev–Trinajstić information content (AvgIpc) is 3.02. The van der Waals surface area contributed by atoms with Gasteiger partial charge in [0.2, 0.25) is 17.6 Å². The van der Waals surface area contributed by atoms with Gasteiger partial charge in [0.25, 0.3) is 0 Å². The summed E-state index contributed by atoms with van der Waals surface area (Å²) in [5.41, 5.74) is 5.99. The second kappa shape index (κ2) is 9.39. The topological polar surface area (TPSA) is 103 Å². The number of hydrogen-bond donors (Lipinski definition) is 2. The van der Waals surface area contributed by atoms with Crippen LogP contribution in [-0.4, -0.2) is 22.6 Å². The first-order valence-corrected chi connectivity index (χ1v) is 8.06. The van der Waals surface area contributed by atoms with Crippen LogP contribution >= 0.6 is 12.4 Å². The highest BCUT2D eigenvalue weighted by Crippen LogP contribution is 2.27. The molecule has 1 heterocycles. The molecule has 0 radical (unpaired) electrons. The second-order valence-electron chi connectivity index (χ2n) is 5.69. The van der Waals surface area contributed by atoms with Crippen LogP contribution in [0.4, 0.5) is 5.69 Å². The fourth-order valence-electron chi connectivity index (χ4n) is 2.40. The fraction of sp³-hybridized carbons (Fsp3) is 0.471. The lowest BCUT2D eigenvalue weighted by Gasteiger charge is -2.28. The van der Waals surface area contributed by atoms with Crippen LogP contribution in [0.5, 0.6) is 5.75 Å². The van der Waals surface area contributed by atoms with Gasteiger partial charge in [0, 0.05) is 19.2 Å². The number of aromatic nitrogens is 2. The number of benzene rings is 1. The summed E-state index contributed by atoms with van der Waals surface area (Å²) in [7, 11) is 0. The van der Waals surface area contributed by atoms with Crippen LogP contribution in [0.2, 0.25) is 0 Å². The molecule has 0 spiro atoms. The number of nitrogens with zero attached hydrogens (tertiary/aromatic N) is 2. The zero-order valence-electron chi connectivity index (χ0n) is 14.7. The van der Waals surface area contributed by atoms with Crippen molar-refractivity contribution >= 4 is 24.0 Å². The van der Waals surface area contributed by atoms with Crippen molar-refractivity contribution in [1.82, 2.24) is 10.1 Å². The van der Waals surface area contributed by atoms with Crippen molar-refractivity contribution < 1.29 is 14.1 Å². The van der Waals surface area contributed by atoms with Gasteiger partial charge in [-0.1, -0.05) is 19.0 Å². The van der Waals surface area contributed by atoms with E-state index in [1.54, 1.807) is 31.2 Å². The molecule has 1 aromatic heterocycles. The molecule has 0 saturated heterocycles. The summed E-state index contributed by atoms with van der Waals surface area (Å²) < 4.78 is 10.5. The first-order chi connectivity index (χ1) is 11.5. The van der Waals surface area contributed by atoms with Crippen LogP contribution in [-0.2, 0) is 11.4 Å². The highest BCUT2D eigenvalue weighted by atomic mass is 35.5. The molecule has 1 aromatic carbocycles. The Balaban J connectivity index is 0.00000312. The molecule has 3 N–H and O–H groups in total. The predicted octanol–water partition coefficient (Wildman–Crippen LogP) is 3.08. The molecule has 7 nitrogen and oxygen atoms in total. The molecule has 25 heavy (non-hydrogen) atoms. The van der Waals surface area contributed by atoms with E-state index in [1.165, 1.54) is 0 Å². The minimum atomic E-state index is -0.522. The van der Waals surface area contributed by atoms with E-state index in [4.69, 9.17) is 15.0 Å². The Morgan fingerprint density at radius 2 is 1.92 bits per heavy atom. The normalized spacial score (nSPS) is 10.9. The largest absolute Gasteiger partial charge is 0.485 e. The molecule has 0 aliphatic carbocycles. The van der Waals surface area contributed by atoms with Crippen molar-refractivity contribution in [3.05, 3.63) is 36.0 Å².